The van der Waals surface area contributed by atoms with Crippen LogP contribution in [0, 0.1) is 0 Å². The summed E-state index contributed by atoms with van der Waals surface area (Å²) in [6, 6.07) is 3.48. The lowest BCUT2D eigenvalue weighted by molar-refractivity contribution is -0.144. The molecule has 0 atom stereocenters. The van der Waals surface area contributed by atoms with Crippen molar-refractivity contribution in [1.29, 1.82) is 0 Å². The standard InChI is InChI=1S/C16H21N3O4/c1-6-11-13(22-4)14(20)19-9-10(7-8-12(19)17-11)18-16(2,3)15(21)23-5/h7-9,18H,6H2,1-5H3. The van der Waals surface area contributed by atoms with E-state index in [4.69, 9.17) is 9.47 Å². The Morgan fingerprint density at radius 2 is 2.04 bits per heavy atom. The highest BCUT2D eigenvalue weighted by atomic mass is 16.5. The lowest BCUT2D eigenvalue weighted by Crippen LogP contribution is -2.41. The summed E-state index contributed by atoms with van der Waals surface area (Å²) in [5.41, 5.74) is 0.534. The van der Waals surface area contributed by atoms with Crippen molar-refractivity contribution in [1.82, 2.24) is 9.38 Å². The Bertz CT molecular complexity index is 796. The first-order chi connectivity index (χ1) is 10.8. The van der Waals surface area contributed by atoms with Crippen LogP contribution in [-0.4, -0.2) is 35.1 Å². The molecule has 0 aliphatic heterocycles. The maximum absolute atomic E-state index is 12.5. The van der Waals surface area contributed by atoms with E-state index in [1.807, 2.05) is 6.92 Å². The molecule has 2 heterocycles. The molecule has 0 aliphatic carbocycles. The van der Waals surface area contributed by atoms with Crippen molar-refractivity contribution >= 4 is 17.3 Å². The number of pyridine rings is 1. The normalized spacial score (nSPS) is 11.3. The van der Waals surface area contributed by atoms with Gasteiger partial charge in [-0.3, -0.25) is 9.20 Å². The number of carbonyl (C=O) groups is 1. The van der Waals surface area contributed by atoms with Gasteiger partial charge in [-0.05, 0) is 32.4 Å². The molecule has 0 aliphatic rings. The number of nitrogens with zero attached hydrogens (tertiary/aromatic N) is 2. The van der Waals surface area contributed by atoms with Gasteiger partial charge in [0.1, 0.15) is 11.2 Å². The van der Waals surface area contributed by atoms with Crippen LogP contribution in [0.3, 0.4) is 0 Å². The molecule has 7 heteroatoms. The van der Waals surface area contributed by atoms with Crippen molar-refractivity contribution in [2.75, 3.05) is 19.5 Å². The number of carbonyl (C=O) groups excluding carboxylic acids is 1. The van der Waals surface area contributed by atoms with Gasteiger partial charge in [-0.15, -0.1) is 0 Å². The lowest BCUT2D eigenvalue weighted by Gasteiger charge is -2.24. The van der Waals surface area contributed by atoms with E-state index >= 15 is 0 Å². The Morgan fingerprint density at radius 3 is 2.61 bits per heavy atom. The first kappa shape index (κ1) is 16.8. The third-order valence-corrected chi connectivity index (χ3v) is 3.54. The molecule has 1 N–H and O–H groups in total. The zero-order valence-electron chi connectivity index (χ0n) is 14.0. The van der Waals surface area contributed by atoms with E-state index in [0.717, 1.165) is 0 Å². The molecular formula is C16H21N3O4. The van der Waals surface area contributed by atoms with Crippen LogP contribution in [0.4, 0.5) is 5.69 Å². The van der Waals surface area contributed by atoms with Gasteiger partial charge in [0.2, 0.25) is 5.75 Å². The molecule has 0 amide bonds. The van der Waals surface area contributed by atoms with Crippen molar-refractivity contribution in [3.05, 3.63) is 34.4 Å². The number of aromatic nitrogens is 2. The van der Waals surface area contributed by atoms with E-state index in [1.165, 1.54) is 18.6 Å². The molecule has 0 saturated heterocycles. The fourth-order valence-electron chi connectivity index (χ4n) is 2.35. The Kier molecular flexibility index (Phi) is 4.58. The van der Waals surface area contributed by atoms with Gasteiger partial charge in [0.15, 0.2) is 0 Å². The van der Waals surface area contributed by atoms with E-state index in [1.54, 1.807) is 32.2 Å². The molecule has 0 bridgehead atoms. The fraction of sp³-hybridized carbons (Fsp3) is 0.438. The van der Waals surface area contributed by atoms with Gasteiger partial charge in [-0.1, -0.05) is 6.92 Å². The van der Waals surface area contributed by atoms with Gasteiger partial charge >= 0.3 is 11.5 Å². The van der Waals surface area contributed by atoms with Gasteiger partial charge in [0.05, 0.1) is 25.6 Å². The third-order valence-electron chi connectivity index (χ3n) is 3.54. The molecule has 2 rings (SSSR count). The molecule has 0 aromatic carbocycles. The smallest absolute Gasteiger partial charge is 0.330 e. The SMILES string of the molecule is CCc1nc2ccc(NC(C)(C)C(=O)OC)cn2c(=O)c1OC. The number of ether oxygens (including phenoxy) is 2. The number of aryl methyl sites for hydroxylation is 1. The zero-order chi connectivity index (χ0) is 17.2. The van der Waals surface area contributed by atoms with E-state index < -0.39 is 11.5 Å². The van der Waals surface area contributed by atoms with Gasteiger partial charge < -0.3 is 14.8 Å². The second kappa shape index (κ2) is 6.28. The summed E-state index contributed by atoms with van der Waals surface area (Å²) >= 11 is 0. The van der Waals surface area contributed by atoms with Gasteiger partial charge in [0.25, 0.3) is 0 Å². The monoisotopic (exact) mass is 319 g/mol. The molecule has 23 heavy (non-hydrogen) atoms. The number of hydrogen-bond acceptors (Lipinski definition) is 6. The largest absolute Gasteiger partial charge is 0.490 e. The first-order valence-corrected chi connectivity index (χ1v) is 7.30. The van der Waals surface area contributed by atoms with E-state index in [-0.39, 0.29) is 11.3 Å². The first-order valence-electron chi connectivity index (χ1n) is 7.30. The van der Waals surface area contributed by atoms with E-state index in [0.29, 0.717) is 23.4 Å². The fourth-order valence-corrected chi connectivity index (χ4v) is 2.35. The molecule has 7 nitrogen and oxygen atoms in total. The average molecular weight is 319 g/mol. The number of methoxy groups -OCH3 is 2. The number of nitrogens with one attached hydrogen (secondary N) is 1. The predicted molar refractivity (Wildman–Crippen MR) is 87.1 cm³/mol. The maximum atomic E-state index is 12.5. The van der Waals surface area contributed by atoms with Crippen molar-refractivity contribution in [3.8, 4) is 5.75 Å². The number of fused-ring (bicyclic) bond motifs is 1. The van der Waals surface area contributed by atoms with Crippen LogP contribution in [0.5, 0.6) is 5.75 Å². The lowest BCUT2D eigenvalue weighted by atomic mass is 10.1. The van der Waals surface area contributed by atoms with Crippen molar-refractivity contribution in [2.24, 2.45) is 0 Å². The molecule has 0 spiro atoms. The van der Waals surface area contributed by atoms with Crippen LogP contribution in [0.15, 0.2) is 23.1 Å². The highest BCUT2D eigenvalue weighted by Crippen LogP contribution is 2.18. The van der Waals surface area contributed by atoms with Crippen LogP contribution in [0.1, 0.15) is 26.5 Å². The molecule has 124 valence electrons. The summed E-state index contributed by atoms with van der Waals surface area (Å²) < 4.78 is 11.3. The molecule has 2 aromatic rings. The Hall–Kier alpha value is -2.57. The van der Waals surface area contributed by atoms with Crippen LogP contribution < -0.4 is 15.6 Å². The maximum Gasteiger partial charge on any atom is 0.330 e. The Labute approximate surface area is 134 Å². The van der Waals surface area contributed by atoms with Crippen LogP contribution in [0.25, 0.3) is 5.65 Å². The third kappa shape index (κ3) is 3.13. The second-order valence-corrected chi connectivity index (χ2v) is 5.64. The molecule has 2 aromatic heterocycles. The van der Waals surface area contributed by atoms with Gasteiger partial charge in [-0.25, -0.2) is 9.78 Å². The zero-order valence-corrected chi connectivity index (χ0v) is 14.0. The summed E-state index contributed by atoms with van der Waals surface area (Å²) in [6.45, 7) is 5.31. The average Bonchev–Trinajstić information content (AvgIpc) is 2.53. The van der Waals surface area contributed by atoms with Crippen molar-refractivity contribution < 1.29 is 14.3 Å². The predicted octanol–water partition coefficient (Wildman–Crippen LogP) is 1.63. The Balaban J connectivity index is 2.53. The van der Waals surface area contributed by atoms with Crippen molar-refractivity contribution in [2.45, 2.75) is 32.7 Å². The minimum absolute atomic E-state index is 0.231. The van der Waals surface area contributed by atoms with Gasteiger partial charge in [0, 0.05) is 6.20 Å². The topological polar surface area (TPSA) is 81.9 Å². The summed E-state index contributed by atoms with van der Waals surface area (Å²) in [5, 5.41) is 3.05. The quantitative estimate of drug-likeness (QED) is 0.844. The summed E-state index contributed by atoms with van der Waals surface area (Å²) in [7, 11) is 2.78. The minimum Gasteiger partial charge on any atom is -0.490 e. The highest BCUT2D eigenvalue weighted by Gasteiger charge is 2.28. The summed E-state index contributed by atoms with van der Waals surface area (Å²) in [4.78, 5) is 28.7. The van der Waals surface area contributed by atoms with Crippen LogP contribution in [0.2, 0.25) is 0 Å². The number of esters is 1. The summed E-state index contributed by atoms with van der Waals surface area (Å²) in [5.74, 6) is -0.170. The number of rotatable bonds is 5. The molecular weight excluding hydrogens is 298 g/mol. The minimum atomic E-state index is -0.924. The van der Waals surface area contributed by atoms with Gasteiger partial charge in [-0.2, -0.15) is 0 Å². The van der Waals surface area contributed by atoms with Crippen LogP contribution >= 0.6 is 0 Å². The summed E-state index contributed by atoms with van der Waals surface area (Å²) in [6.07, 6.45) is 2.20. The number of hydrogen-bond donors (Lipinski definition) is 1. The van der Waals surface area contributed by atoms with Crippen molar-refractivity contribution in [3.63, 3.8) is 0 Å². The van der Waals surface area contributed by atoms with E-state index in [9.17, 15) is 9.59 Å². The molecule has 0 fully saturated rings. The molecule has 0 saturated carbocycles. The molecule has 0 unspecified atom stereocenters. The highest BCUT2D eigenvalue weighted by molar-refractivity contribution is 5.83. The Morgan fingerprint density at radius 1 is 1.35 bits per heavy atom. The molecule has 0 radical (unpaired) electrons. The van der Waals surface area contributed by atoms with E-state index in [2.05, 4.69) is 10.3 Å². The number of anilines is 1. The van der Waals surface area contributed by atoms with Crippen LogP contribution in [-0.2, 0) is 16.0 Å². The second-order valence-electron chi connectivity index (χ2n) is 5.64.